The number of aliphatic hydroxyl groups is 1. The molecule has 3 N–H and O–H groups in total. The Bertz CT molecular complexity index is 1870. The normalized spacial score (nSPS) is 14.2. The Hall–Kier alpha value is -1.94. The van der Waals surface area contributed by atoms with Crippen LogP contribution in [0.2, 0.25) is 0 Å². The molecule has 6 atom stereocenters. The molecule has 0 aliphatic rings. The minimum Gasteiger partial charge on any atom is -0.462 e. The highest BCUT2D eigenvalue weighted by atomic mass is 31.2. The molecule has 0 bridgehead atoms. The summed E-state index contributed by atoms with van der Waals surface area (Å²) >= 11 is 0. The van der Waals surface area contributed by atoms with Crippen molar-refractivity contribution in [1.82, 2.24) is 0 Å². The number of phosphoric ester groups is 2. The van der Waals surface area contributed by atoms with Crippen molar-refractivity contribution < 1.29 is 80.2 Å². The van der Waals surface area contributed by atoms with Gasteiger partial charge in [0.2, 0.25) is 0 Å². The fourth-order valence-electron chi connectivity index (χ4n) is 12.0. The van der Waals surface area contributed by atoms with Gasteiger partial charge in [0.05, 0.1) is 26.4 Å². The van der Waals surface area contributed by atoms with Crippen LogP contribution in [0.3, 0.4) is 0 Å². The molecule has 576 valence electrons. The first-order valence-corrected chi connectivity index (χ1v) is 43.5. The van der Waals surface area contributed by atoms with Gasteiger partial charge >= 0.3 is 39.5 Å². The summed E-state index contributed by atoms with van der Waals surface area (Å²) in [6.07, 6.45) is 58.4. The number of phosphoric acid groups is 2. The first-order valence-electron chi connectivity index (χ1n) is 40.5. The summed E-state index contributed by atoms with van der Waals surface area (Å²) in [4.78, 5) is 72.8. The standard InChI is InChI=1S/C78H152O17P2/c1-7-10-12-14-16-18-19-20-21-22-23-24-25-26-27-28-29-30-38-44-50-56-62-77(82)95-74(67-89-76(81)61-55-49-43-37-34-32-36-41-47-53-59-71(6)9-3)69-93-97(86,87)91-65-72(79)64-90-96(84,85)92-68-73(66-88-75(80)60-54-48-42-17-15-13-11-8-2)94-78(83)63-57-51-45-39-33-31-35-40-46-52-58-70(4)5/h70-74,79H,7-69H2,1-6H3,(H,84,85)(H,86,87)/t71?,72-,73+,74+/m0/s1. The van der Waals surface area contributed by atoms with Gasteiger partial charge in [-0.1, -0.05) is 356 Å². The molecule has 0 aliphatic heterocycles. The average molecular weight is 1420 g/mol. The van der Waals surface area contributed by atoms with Crippen LogP contribution in [-0.2, 0) is 65.4 Å². The van der Waals surface area contributed by atoms with Crippen LogP contribution in [-0.4, -0.2) is 96.7 Å². The predicted molar refractivity (Wildman–Crippen MR) is 395 cm³/mol. The van der Waals surface area contributed by atoms with E-state index in [0.29, 0.717) is 25.7 Å². The molecule has 0 saturated heterocycles. The Morgan fingerprint density at radius 3 is 0.784 bits per heavy atom. The molecule has 0 aromatic rings. The minimum absolute atomic E-state index is 0.106. The van der Waals surface area contributed by atoms with Gasteiger partial charge in [0.25, 0.3) is 0 Å². The van der Waals surface area contributed by atoms with E-state index >= 15 is 0 Å². The molecule has 0 radical (unpaired) electrons. The van der Waals surface area contributed by atoms with E-state index in [4.69, 9.17) is 37.0 Å². The number of aliphatic hydroxyl groups excluding tert-OH is 1. The molecular weight excluding hydrogens is 1270 g/mol. The van der Waals surface area contributed by atoms with E-state index in [9.17, 15) is 43.2 Å². The summed E-state index contributed by atoms with van der Waals surface area (Å²) in [5, 5.41) is 10.6. The van der Waals surface area contributed by atoms with E-state index in [2.05, 4.69) is 41.5 Å². The summed E-state index contributed by atoms with van der Waals surface area (Å²) in [6.45, 7) is 9.59. The zero-order valence-electron chi connectivity index (χ0n) is 63.4. The Morgan fingerprint density at radius 1 is 0.299 bits per heavy atom. The van der Waals surface area contributed by atoms with Crippen molar-refractivity contribution in [2.45, 2.75) is 426 Å². The molecule has 0 rings (SSSR count). The summed E-state index contributed by atoms with van der Waals surface area (Å²) in [7, 11) is -9.91. The smallest absolute Gasteiger partial charge is 0.462 e. The molecule has 19 heteroatoms. The molecule has 0 aromatic heterocycles. The lowest BCUT2D eigenvalue weighted by atomic mass is 9.99. The molecule has 0 amide bonds. The highest BCUT2D eigenvalue weighted by Gasteiger charge is 2.30. The minimum atomic E-state index is -4.96. The molecule has 3 unspecified atom stereocenters. The number of hydrogen-bond acceptors (Lipinski definition) is 15. The summed E-state index contributed by atoms with van der Waals surface area (Å²) in [5.41, 5.74) is 0. The second kappa shape index (κ2) is 69.8. The van der Waals surface area contributed by atoms with Crippen LogP contribution in [0.1, 0.15) is 408 Å². The Kier molecular flexibility index (Phi) is 68.4. The third kappa shape index (κ3) is 70.9. The zero-order chi connectivity index (χ0) is 71.4. The number of esters is 4. The highest BCUT2D eigenvalue weighted by molar-refractivity contribution is 7.47. The van der Waals surface area contributed by atoms with Crippen molar-refractivity contribution in [3.05, 3.63) is 0 Å². The van der Waals surface area contributed by atoms with Crippen molar-refractivity contribution >= 4 is 39.5 Å². The van der Waals surface area contributed by atoms with Crippen LogP contribution in [0.15, 0.2) is 0 Å². The molecule has 0 fully saturated rings. The summed E-state index contributed by atoms with van der Waals surface area (Å²) < 4.78 is 68.5. The van der Waals surface area contributed by atoms with Crippen molar-refractivity contribution in [3.8, 4) is 0 Å². The van der Waals surface area contributed by atoms with Gasteiger partial charge in [-0.2, -0.15) is 0 Å². The molecule has 17 nitrogen and oxygen atoms in total. The Labute approximate surface area is 594 Å². The molecular formula is C78H152O17P2. The molecule has 0 spiro atoms. The van der Waals surface area contributed by atoms with Gasteiger partial charge in [0, 0.05) is 25.7 Å². The van der Waals surface area contributed by atoms with E-state index < -0.39 is 97.5 Å². The third-order valence-corrected chi connectivity index (χ3v) is 20.5. The quantitative estimate of drug-likeness (QED) is 0.0222. The number of carbonyl (C=O) groups excluding carboxylic acids is 4. The van der Waals surface area contributed by atoms with E-state index in [1.54, 1.807) is 0 Å². The van der Waals surface area contributed by atoms with Gasteiger partial charge in [-0.3, -0.25) is 37.3 Å². The number of ether oxygens (including phenoxy) is 4. The lowest BCUT2D eigenvalue weighted by molar-refractivity contribution is -0.161. The monoisotopic (exact) mass is 1420 g/mol. The predicted octanol–water partition coefficient (Wildman–Crippen LogP) is 23.1. The van der Waals surface area contributed by atoms with Crippen molar-refractivity contribution in [2.24, 2.45) is 11.8 Å². The lowest BCUT2D eigenvalue weighted by Gasteiger charge is -2.21. The topological polar surface area (TPSA) is 237 Å². The molecule has 0 saturated carbocycles. The van der Waals surface area contributed by atoms with E-state index in [-0.39, 0.29) is 25.7 Å². The van der Waals surface area contributed by atoms with Gasteiger partial charge in [-0.25, -0.2) is 9.13 Å². The Balaban J connectivity index is 5.17. The van der Waals surface area contributed by atoms with Gasteiger partial charge in [0.1, 0.15) is 19.3 Å². The maximum atomic E-state index is 13.1. The van der Waals surface area contributed by atoms with Crippen LogP contribution < -0.4 is 0 Å². The molecule has 0 heterocycles. The largest absolute Gasteiger partial charge is 0.472 e. The average Bonchev–Trinajstić information content (AvgIpc) is 2.43. The first kappa shape index (κ1) is 95.1. The third-order valence-electron chi connectivity index (χ3n) is 18.6. The number of rotatable bonds is 77. The molecule has 97 heavy (non-hydrogen) atoms. The Morgan fingerprint density at radius 2 is 0.526 bits per heavy atom. The highest BCUT2D eigenvalue weighted by Crippen LogP contribution is 2.45. The second-order valence-electron chi connectivity index (χ2n) is 28.8. The van der Waals surface area contributed by atoms with E-state index in [1.807, 2.05) is 0 Å². The van der Waals surface area contributed by atoms with E-state index in [1.165, 1.54) is 218 Å². The summed E-state index contributed by atoms with van der Waals surface area (Å²) in [5.74, 6) is -0.556. The van der Waals surface area contributed by atoms with Crippen molar-refractivity contribution in [3.63, 3.8) is 0 Å². The van der Waals surface area contributed by atoms with Gasteiger partial charge in [-0.05, 0) is 37.5 Å². The number of hydrogen-bond donors (Lipinski definition) is 3. The zero-order valence-corrected chi connectivity index (χ0v) is 65.2. The van der Waals surface area contributed by atoms with E-state index in [0.717, 1.165) is 108 Å². The van der Waals surface area contributed by atoms with Crippen LogP contribution in [0.25, 0.3) is 0 Å². The van der Waals surface area contributed by atoms with Crippen LogP contribution >= 0.6 is 15.6 Å². The lowest BCUT2D eigenvalue weighted by Crippen LogP contribution is -2.30. The fraction of sp³-hybridized carbons (Fsp3) is 0.949. The van der Waals surface area contributed by atoms with Crippen molar-refractivity contribution in [1.29, 1.82) is 0 Å². The van der Waals surface area contributed by atoms with Crippen LogP contribution in [0.5, 0.6) is 0 Å². The van der Waals surface area contributed by atoms with Gasteiger partial charge in [-0.15, -0.1) is 0 Å². The first-order chi connectivity index (χ1) is 46.9. The van der Waals surface area contributed by atoms with Crippen molar-refractivity contribution in [2.75, 3.05) is 39.6 Å². The molecule has 0 aliphatic carbocycles. The van der Waals surface area contributed by atoms with Gasteiger partial charge < -0.3 is 33.8 Å². The maximum absolute atomic E-state index is 13.1. The summed E-state index contributed by atoms with van der Waals surface area (Å²) in [6, 6.07) is 0. The number of unbranched alkanes of at least 4 members (excludes halogenated alkanes) is 46. The van der Waals surface area contributed by atoms with Crippen LogP contribution in [0.4, 0.5) is 0 Å². The second-order valence-corrected chi connectivity index (χ2v) is 31.7. The SMILES string of the molecule is CCCCCCCCCCCCCCCCCCCCCCCCC(=O)O[C@H](COC(=O)CCCCCCCCCCCCC(C)CC)COP(=O)(O)OC[C@@H](O)COP(=O)(O)OC[C@@H](COC(=O)CCCCCCCCCC)OC(=O)CCCCCCCCCCCCC(C)C. The van der Waals surface area contributed by atoms with Crippen LogP contribution in [0, 0.1) is 11.8 Å². The number of carbonyl (C=O) groups is 4. The molecule has 0 aromatic carbocycles. The maximum Gasteiger partial charge on any atom is 0.472 e. The fourth-order valence-corrected chi connectivity index (χ4v) is 13.6. The van der Waals surface area contributed by atoms with Gasteiger partial charge in [0.15, 0.2) is 12.2 Å².